The lowest BCUT2D eigenvalue weighted by atomic mass is 9.94. The molecule has 2 aromatic carbocycles. The van der Waals surface area contributed by atoms with Crippen LogP contribution in [0.1, 0.15) is 23.6 Å². The fourth-order valence-corrected chi connectivity index (χ4v) is 4.38. The van der Waals surface area contributed by atoms with Gasteiger partial charge in [-0.25, -0.2) is 0 Å². The molecule has 0 aliphatic carbocycles. The molecule has 2 aliphatic heterocycles. The Hall–Kier alpha value is -3.72. The minimum Gasteiger partial charge on any atom is -0.507 e. The van der Waals surface area contributed by atoms with Crippen LogP contribution in [0.2, 0.25) is 0 Å². The van der Waals surface area contributed by atoms with E-state index in [0.29, 0.717) is 60.3 Å². The van der Waals surface area contributed by atoms with Gasteiger partial charge in [0.2, 0.25) is 0 Å². The van der Waals surface area contributed by atoms with Gasteiger partial charge in [0.1, 0.15) is 19.0 Å². The predicted molar refractivity (Wildman–Crippen MR) is 129 cm³/mol. The summed E-state index contributed by atoms with van der Waals surface area (Å²) in [6.45, 7) is 1.91. The smallest absolute Gasteiger partial charge is 0.295 e. The van der Waals surface area contributed by atoms with Gasteiger partial charge in [-0.1, -0.05) is 6.07 Å². The number of amides is 1. The monoisotopic (exact) mass is 482 g/mol. The highest BCUT2D eigenvalue weighted by Gasteiger charge is 2.46. The largest absolute Gasteiger partial charge is 0.507 e. The molecule has 35 heavy (non-hydrogen) atoms. The molecule has 1 N–H and O–H groups in total. The standard InChI is InChI=1S/C26H30N2O7/c1-27(2)10-5-11-28-23(16-6-8-18(32-3)20(14-16)33-4)22(25(30)26(28)31)24(29)17-7-9-19-21(15-17)35-13-12-34-19/h6-9,14-15,23,29H,5,10-13H2,1-4H3/b24-22+/t23-/m1/s1. The Bertz CT molecular complexity index is 1160. The molecule has 0 unspecified atom stereocenters. The number of carbonyl (C=O) groups is 2. The summed E-state index contributed by atoms with van der Waals surface area (Å²) < 4.78 is 22.0. The van der Waals surface area contributed by atoms with Crippen molar-refractivity contribution in [2.24, 2.45) is 0 Å². The maximum atomic E-state index is 13.2. The molecule has 2 aliphatic rings. The zero-order valence-corrected chi connectivity index (χ0v) is 20.4. The van der Waals surface area contributed by atoms with Crippen LogP contribution < -0.4 is 18.9 Å². The van der Waals surface area contributed by atoms with Gasteiger partial charge in [0.15, 0.2) is 23.0 Å². The summed E-state index contributed by atoms with van der Waals surface area (Å²) in [5, 5.41) is 11.3. The number of fused-ring (bicyclic) bond motifs is 1. The number of hydrogen-bond acceptors (Lipinski definition) is 8. The number of carbonyl (C=O) groups excluding carboxylic acids is 2. The molecule has 1 fully saturated rings. The van der Waals surface area contributed by atoms with Crippen molar-refractivity contribution >= 4 is 17.4 Å². The van der Waals surface area contributed by atoms with E-state index in [2.05, 4.69) is 0 Å². The second-order valence-corrected chi connectivity index (χ2v) is 8.62. The van der Waals surface area contributed by atoms with E-state index in [1.165, 1.54) is 19.1 Å². The average molecular weight is 483 g/mol. The third-order valence-electron chi connectivity index (χ3n) is 6.08. The number of hydrogen-bond donors (Lipinski definition) is 1. The summed E-state index contributed by atoms with van der Waals surface area (Å²) in [5.74, 6) is 0.368. The van der Waals surface area contributed by atoms with Crippen molar-refractivity contribution in [3.63, 3.8) is 0 Å². The fourth-order valence-electron chi connectivity index (χ4n) is 4.38. The van der Waals surface area contributed by atoms with Crippen LogP contribution in [0.25, 0.3) is 5.76 Å². The minimum absolute atomic E-state index is 0.0174. The summed E-state index contributed by atoms with van der Waals surface area (Å²) in [6, 6.07) is 9.38. The molecular weight excluding hydrogens is 452 g/mol. The number of aliphatic hydroxyl groups excluding tert-OH is 1. The number of aliphatic hydroxyl groups is 1. The summed E-state index contributed by atoms with van der Waals surface area (Å²) in [7, 11) is 6.95. The topological polar surface area (TPSA) is 97.8 Å². The third kappa shape index (κ3) is 4.77. The number of methoxy groups -OCH3 is 2. The summed E-state index contributed by atoms with van der Waals surface area (Å²) >= 11 is 0. The second-order valence-electron chi connectivity index (χ2n) is 8.62. The maximum absolute atomic E-state index is 13.2. The summed E-state index contributed by atoms with van der Waals surface area (Å²) in [4.78, 5) is 29.9. The van der Waals surface area contributed by atoms with Crippen LogP contribution in [-0.4, -0.2) is 81.2 Å². The van der Waals surface area contributed by atoms with E-state index in [1.807, 2.05) is 19.0 Å². The van der Waals surface area contributed by atoms with Crippen molar-refractivity contribution in [1.82, 2.24) is 9.80 Å². The van der Waals surface area contributed by atoms with Crippen molar-refractivity contribution in [1.29, 1.82) is 0 Å². The molecule has 0 spiro atoms. The summed E-state index contributed by atoms with van der Waals surface area (Å²) in [6.07, 6.45) is 0.661. The van der Waals surface area contributed by atoms with Crippen LogP contribution in [-0.2, 0) is 9.59 Å². The number of ketones is 1. The lowest BCUT2D eigenvalue weighted by Gasteiger charge is -2.26. The molecule has 1 saturated heterocycles. The molecule has 1 atom stereocenters. The SMILES string of the molecule is COc1ccc([C@@H]2/C(=C(\O)c3ccc4c(c3)OCCO4)C(=O)C(=O)N2CCCN(C)C)cc1OC. The lowest BCUT2D eigenvalue weighted by Crippen LogP contribution is -2.32. The number of rotatable bonds is 8. The van der Waals surface area contributed by atoms with E-state index < -0.39 is 17.7 Å². The molecule has 2 aromatic rings. The minimum atomic E-state index is -0.787. The Labute approximate surface area is 204 Å². The highest BCUT2D eigenvalue weighted by atomic mass is 16.6. The van der Waals surface area contributed by atoms with Gasteiger partial charge in [0.25, 0.3) is 11.7 Å². The Morgan fingerprint density at radius 3 is 2.43 bits per heavy atom. The fraction of sp³-hybridized carbons (Fsp3) is 0.385. The number of likely N-dealkylation sites (tertiary alicyclic amines) is 1. The van der Waals surface area contributed by atoms with Gasteiger partial charge in [-0.15, -0.1) is 0 Å². The molecule has 0 radical (unpaired) electrons. The Morgan fingerprint density at radius 1 is 1.03 bits per heavy atom. The highest BCUT2D eigenvalue weighted by Crippen LogP contribution is 2.43. The van der Waals surface area contributed by atoms with E-state index in [0.717, 1.165) is 6.54 Å². The van der Waals surface area contributed by atoms with Crippen LogP contribution in [0.5, 0.6) is 23.0 Å². The molecule has 0 saturated carbocycles. The van der Waals surface area contributed by atoms with E-state index in [-0.39, 0.29) is 11.3 Å². The zero-order valence-electron chi connectivity index (χ0n) is 20.4. The van der Waals surface area contributed by atoms with Gasteiger partial charge in [-0.2, -0.15) is 0 Å². The quantitative estimate of drug-likeness (QED) is 0.349. The first-order valence-electron chi connectivity index (χ1n) is 11.4. The molecular formula is C26H30N2O7. The Kier molecular flexibility index (Phi) is 7.16. The number of nitrogens with zero attached hydrogens (tertiary/aromatic N) is 2. The zero-order chi connectivity index (χ0) is 25.1. The van der Waals surface area contributed by atoms with Crippen molar-refractivity contribution in [3.05, 3.63) is 53.1 Å². The van der Waals surface area contributed by atoms with Gasteiger partial charge < -0.3 is 33.9 Å². The first-order valence-corrected chi connectivity index (χ1v) is 11.4. The second kappa shape index (κ2) is 10.3. The molecule has 9 heteroatoms. The van der Waals surface area contributed by atoms with Gasteiger partial charge in [0, 0.05) is 12.1 Å². The number of ether oxygens (including phenoxy) is 4. The van der Waals surface area contributed by atoms with Gasteiger partial charge in [0.05, 0.1) is 25.8 Å². The van der Waals surface area contributed by atoms with Crippen molar-refractivity contribution < 1.29 is 33.6 Å². The van der Waals surface area contributed by atoms with Crippen molar-refractivity contribution in [3.8, 4) is 23.0 Å². The molecule has 1 amide bonds. The van der Waals surface area contributed by atoms with Crippen LogP contribution >= 0.6 is 0 Å². The number of Topliss-reactive ketones (excluding diaryl/α,β-unsaturated/α-hetero) is 1. The Morgan fingerprint density at radius 2 is 1.74 bits per heavy atom. The van der Waals surface area contributed by atoms with E-state index in [1.54, 1.807) is 36.4 Å². The molecule has 4 rings (SSSR count). The van der Waals surface area contributed by atoms with Crippen molar-refractivity contribution in [2.45, 2.75) is 12.5 Å². The van der Waals surface area contributed by atoms with Crippen molar-refractivity contribution in [2.75, 3.05) is 54.6 Å². The predicted octanol–water partition coefficient (Wildman–Crippen LogP) is 2.85. The van der Waals surface area contributed by atoms with E-state index in [9.17, 15) is 14.7 Å². The molecule has 0 aromatic heterocycles. The van der Waals surface area contributed by atoms with Gasteiger partial charge >= 0.3 is 0 Å². The molecule has 186 valence electrons. The van der Waals surface area contributed by atoms with Gasteiger partial charge in [-0.3, -0.25) is 9.59 Å². The normalized spacial score (nSPS) is 18.8. The first-order chi connectivity index (χ1) is 16.8. The van der Waals surface area contributed by atoms with Crippen LogP contribution in [0.3, 0.4) is 0 Å². The lowest BCUT2D eigenvalue weighted by molar-refractivity contribution is -0.139. The van der Waals surface area contributed by atoms with Gasteiger partial charge in [-0.05, 0) is 63.0 Å². The molecule has 0 bridgehead atoms. The first kappa shape index (κ1) is 24.4. The molecule has 9 nitrogen and oxygen atoms in total. The van der Waals surface area contributed by atoms with E-state index >= 15 is 0 Å². The molecule has 2 heterocycles. The van der Waals surface area contributed by atoms with Crippen LogP contribution in [0.4, 0.5) is 0 Å². The summed E-state index contributed by atoms with van der Waals surface area (Å²) in [5.41, 5.74) is 1.01. The highest BCUT2D eigenvalue weighted by molar-refractivity contribution is 6.46. The third-order valence-corrected chi connectivity index (χ3v) is 6.08. The van der Waals surface area contributed by atoms with Crippen LogP contribution in [0.15, 0.2) is 42.0 Å². The number of benzene rings is 2. The Balaban J connectivity index is 1.82. The van der Waals surface area contributed by atoms with Crippen LogP contribution in [0, 0.1) is 0 Å². The maximum Gasteiger partial charge on any atom is 0.295 e. The average Bonchev–Trinajstić information content (AvgIpc) is 3.12. The van der Waals surface area contributed by atoms with E-state index in [4.69, 9.17) is 18.9 Å².